The van der Waals surface area contributed by atoms with Crippen LogP contribution >= 0.6 is 15.9 Å². The van der Waals surface area contributed by atoms with Gasteiger partial charge in [0.2, 0.25) is 0 Å². The van der Waals surface area contributed by atoms with E-state index in [0.717, 1.165) is 4.90 Å². The number of benzene rings is 1. The molecule has 1 aromatic rings. The standard InChI is InChI=1S/C13H17BrO2S/c1-13(2,3)12(15)11(14)9-17(16)10-7-5-4-6-8-10/h4-9,12,15H,1-3H3/b11-9+/t12-,17?/m1/s1. The van der Waals surface area contributed by atoms with Gasteiger partial charge in [0.05, 0.1) is 16.9 Å². The normalized spacial score (nSPS) is 16.6. The van der Waals surface area contributed by atoms with Gasteiger partial charge in [-0.25, -0.2) is 4.21 Å². The molecule has 1 rings (SSSR count). The lowest BCUT2D eigenvalue weighted by atomic mass is 9.89. The summed E-state index contributed by atoms with van der Waals surface area (Å²) in [6.07, 6.45) is -0.657. The average Bonchev–Trinajstić information content (AvgIpc) is 2.27. The second-order valence-corrected chi connectivity index (χ2v) is 7.10. The highest BCUT2D eigenvalue weighted by molar-refractivity contribution is 9.11. The van der Waals surface area contributed by atoms with E-state index in [2.05, 4.69) is 15.9 Å². The Morgan fingerprint density at radius 3 is 2.35 bits per heavy atom. The van der Waals surface area contributed by atoms with Crippen molar-refractivity contribution in [1.29, 1.82) is 0 Å². The zero-order valence-corrected chi connectivity index (χ0v) is 12.6. The minimum atomic E-state index is -1.24. The molecule has 0 heterocycles. The number of hydrogen-bond acceptors (Lipinski definition) is 2. The summed E-state index contributed by atoms with van der Waals surface area (Å²) in [5.41, 5.74) is -0.282. The molecule has 94 valence electrons. The fourth-order valence-electron chi connectivity index (χ4n) is 1.20. The van der Waals surface area contributed by atoms with Crippen LogP contribution in [0.5, 0.6) is 0 Å². The van der Waals surface area contributed by atoms with Crippen LogP contribution in [0.15, 0.2) is 45.1 Å². The summed E-state index contributed by atoms with van der Waals surface area (Å²) in [6, 6.07) is 9.17. The fourth-order valence-corrected chi connectivity index (χ4v) is 3.29. The van der Waals surface area contributed by atoms with Crippen LogP contribution in [-0.2, 0) is 10.8 Å². The lowest BCUT2D eigenvalue weighted by Crippen LogP contribution is -2.26. The number of aliphatic hydroxyl groups is 1. The van der Waals surface area contributed by atoms with E-state index in [1.165, 1.54) is 0 Å². The molecule has 1 aromatic carbocycles. The van der Waals surface area contributed by atoms with Crippen LogP contribution in [0.3, 0.4) is 0 Å². The van der Waals surface area contributed by atoms with Crippen molar-refractivity contribution in [3.05, 3.63) is 40.2 Å². The molecule has 0 aliphatic heterocycles. The van der Waals surface area contributed by atoms with E-state index in [1.54, 1.807) is 17.5 Å². The third-order valence-corrected chi connectivity index (χ3v) is 4.45. The Kier molecular flexibility index (Phi) is 5.10. The Balaban J connectivity index is 2.87. The first kappa shape index (κ1) is 14.6. The predicted molar refractivity (Wildman–Crippen MR) is 75.3 cm³/mol. The smallest absolute Gasteiger partial charge is 0.0908 e. The Morgan fingerprint density at radius 1 is 1.35 bits per heavy atom. The zero-order chi connectivity index (χ0) is 13.1. The van der Waals surface area contributed by atoms with E-state index in [9.17, 15) is 9.32 Å². The maximum Gasteiger partial charge on any atom is 0.0908 e. The largest absolute Gasteiger partial charge is 0.387 e. The van der Waals surface area contributed by atoms with E-state index in [4.69, 9.17) is 0 Å². The molecule has 17 heavy (non-hydrogen) atoms. The van der Waals surface area contributed by atoms with Crippen LogP contribution in [0.25, 0.3) is 0 Å². The van der Waals surface area contributed by atoms with Gasteiger partial charge < -0.3 is 5.11 Å². The Hall–Kier alpha value is -0.450. The lowest BCUT2D eigenvalue weighted by Gasteiger charge is -2.25. The topological polar surface area (TPSA) is 37.3 Å². The molecule has 0 radical (unpaired) electrons. The summed E-state index contributed by atoms with van der Waals surface area (Å²) in [7, 11) is -1.24. The molecule has 0 aromatic heterocycles. The first-order valence-corrected chi connectivity index (χ1v) is 7.34. The van der Waals surface area contributed by atoms with Gasteiger partial charge in [0.15, 0.2) is 0 Å². The molecule has 0 bridgehead atoms. The number of halogens is 1. The molecule has 0 saturated heterocycles. The molecule has 0 saturated carbocycles. The Labute approximate surface area is 113 Å². The fraction of sp³-hybridized carbons (Fsp3) is 0.385. The van der Waals surface area contributed by atoms with Gasteiger partial charge in [0.25, 0.3) is 0 Å². The van der Waals surface area contributed by atoms with Crippen molar-refractivity contribution >= 4 is 26.7 Å². The quantitative estimate of drug-likeness (QED) is 0.927. The highest BCUT2D eigenvalue weighted by Gasteiger charge is 2.25. The van der Waals surface area contributed by atoms with Crippen LogP contribution in [0.2, 0.25) is 0 Å². The van der Waals surface area contributed by atoms with Gasteiger partial charge in [-0.2, -0.15) is 0 Å². The summed E-state index contributed by atoms with van der Waals surface area (Å²) < 4.78 is 12.5. The SMILES string of the molecule is CC(C)(C)[C@H](O)/C(Br)=C\S(=O)c1ccccc1. The molecule has 2 atom stereocenters. The van der Waals surface area contributed by atoms with Gasteiger partial charge in [-0.1, -0.05) is 54.9 Å². The van der Waals surface area contributed by atoms with Crippen LogP contribution < -0.4 is 0 Å². The third kappa shape index (κ3) is 4.37. The van der Waals surface area contributed by atoms with Crippen molar-refractivity contribution < 1.29 is 9.32 Å². The number of hydrogen-bond donors (Lipinski definition) is 1. The van der Waals surface area contributed by atoms with E-state index >= 15 is 0 Å². The van der Waals surface area contributed by atoms with Gasteiger partial charge in [0, 0.05) is 14.8 Å². The minimum absolute atomic E-state index is 0.282. The number of aliphatic hydroxyl groups excluding tert-OH is 1. The molecule has 0 amide bonds. The van der Waals surface area contributed by atoms with E-state index in [0.29, 0.717) is 4.48 Å². The molecule has 1 N–H and O–H groups in total. The monoisotopic (exact) mass is 316 g/mol. The van der Waals surface area contributed by atoms with Crippen molar-refractivity contribution in [2.45, 2.75) is 31.8 Å². The number of rotatable bonds is 3. The molecule has 0 aliphatic rings. The average molecular weight is 317 g/mol. The zero-order valence-electron chi connectivity index (χ0n) is 10.2. The van der Waals surface area contributed by atoms with Crippen molar-refractivity contribution in [2.24, 2.45) is 5.41 Å². The van der Waals surface area contributed by atoms with Crippen LogP contribution in [0.4, 0.5) is 0 Å². The van der Waals surface area contributed by atoms with Gasteiger partial charge >= 0.3 is 0 Å². The molecule has 2 nitrogen and oxygen atoms in total. The maximum atomic E-state index is 12.0. The highest BCUT2D eigenvalue weighted by Crippen LogP contribution is 2.29. The summed E-state index contributed by atoms with van der Waals surface area (Å²) >= 11 is 3.30. The molecule has 0 aliphatic carbocycles. The van der Waals surface area contributed by atoms with E-state index < -0.39 is 16.9 Å². The minimum Gasteiger partial charge on any atom is -0.387 e. The van der Waals surface area contributed by atoms with Gasteiger partial charge in [0.1, 0.15) is 0 Å². The third-order valence-electron chi connectivity index (χ3n) is 2.28. The molecular weight excluding hydrogens is 300 g/mol. The second kappa shape index (κ2) is 5.94. The summed E-state index contributed by atoms with van der Waals surface area (Å²) in [4.78, 5) is 0.727. The van der Waals surface area contributed by atoms with Gasteiger partial charge in [-0.15, -0.1) is 0 Å². The molecule has 4 heteroatoms. The van der Waals surface area contributed by atoms with Gasteiger partial charge in [-0.05, 0) is 17.5 Å². The first-order chi connectivity index (χ1) is 7.82. The molecule has 1 unspecified atom stereocenters. The van der Waals surface area contributed by atoms with Crippen molar-refractivity contribution in [3.8, 4) is 0 Å². The summed E-state index contributed by atoms with van der Waals surface area (Å²) in [5, 5.41) is 11.5. The molecule has 0 spiro atoms. The van der Waals surface area contributed by atoms with E-state index in [1.807, 2.05) is 39.0 Å². The molecular formula is C13H17BrO2S. The Bertz CT molecular complexity index is 421. The summed E-state index contributed by atoms with van der Waals surface area (Å²) in [6.45, 7) is 5.79. The van der Waals surface area contributed by atoms with Crippen molar-refractivity contribution in [3.63, 3.8) is 0 Å². The van der Waals surface area contributed by atoms with Crippen molar-refractivity contribution in [1.82, 2.24) is 0 Å². The Morgan fingerprint density at radius 2 is 1.88 bits per heavy atom. The van der Waals surface area contributed by atoms with Crippen LogP contribution in [-0.4, -0.2) is 15.4 Å². The van der Waals surface area contributed by atoms with Crippen molar-refractivity contribution in [2.75, 3.05) is 0 Å². The predicted octanol–water partition coefficient (Wildman–Crippen LogP) is 3.44. The second-order valence-electron chi connectivity index (χ2n) is 4.88. The first-order valence-electron chi connectivity index (χ1n) is 5.33. The highest BCUT2D eigenvalue weighted by atomic mass is 79.9. The van der Waals surface area contributed by atoms with E-state index in [-0.39, 0.29) is 5.41 Å². The van der Waals surface area contributed by atoms with Crippen LogP contribution in [0, 0.1) is 5.41 Å². The maximum absolute atomic E-state index is 12.0. The van der Waals surface area contributed by atoms with Gasteiger partial charge in [-0.3, -0.25) is 0 Å². The lowest BCUT2D eigenvalue weighted by molar-refractivity contribution is 0.103. The van der Waals surface area contributed by atoms with Crippen LogP contribution in [0.1, 0.15) is 20.8 Å². The molecule has 0 fully saturated rings. The summed E-state index contributed by atoms with van der Waals surface area (Å²) in [5.74, 6) is 0.